The maximum atomic E-state index is 8.79. The average molecular weight is 282 g/mol. The summed E-state index contributed by atoms with van der Waals surface area (Å²) < 4.78 is 0. The highest BCUT2D eigenvalue weighted by Crippen LogP contribution is 2.26. The highest BCUT2D eigenvalue weighted by molar-refractivity contribution is 7.98. The maximum Gasteiger partial charge on any atom is 0.0540 e. The minimum absolute atomic E-state index is 0.118. The van der Waals surface area contributed by atoms with Crippen LogP contribution in [0.3, 0.4) is 0 Å². The molecule has 102 valence electrons. The van der Waals surface area contributed by atoms with Gasteiger partial charge in [-0.05, 0) is 30.2 Å². The summed E-state index contributed by atoms with van der Waals surface area (Å²) in [5.74, 6) is 7.05. The van der Waals surface area contributed by atoms with E-state index in [2.05, 4.69) is 49.1 Å². The molecule has 0 heterocycles. The monoisotopic (exact) mass is 282 g/mol. The normalized spacial score (nSPS) is 9.90. The van der Waals surface area contributed by atoms with Gasteiger partial charge in [0.1, 0.15) is 0 Å². The summed E-state index contributed by atoms with van der Waals surface area (Å²) in [5, 5.41) is 8.79. The van der Waals surface area contributed by atoms with Gasteiger partial charge in [-0.3, -0.25) is 0 Å². The second-order valence-corrected chi connectivity index (χ2v) is 5.50. The van der Waals surface area contributed by atoms with Crippen LogP contribution >= 0.6 is 11.8 Å². The van der Waals surface area contributed by atoms with Gasteiger partial charge >= 0.3 is 0 Å². The Morgan fingerprint density at radius 3 is 2.60 bits per heavy atom. The second kappa shape index (κ2) is 7.79. The van der Waals surface area contributed by atoms with Gasteiger partial charge in [0.25, 0.3) is 0 Å². The zero-order valence-electron chi connectivity index (χ0n) is 11.6. The molecule has 2 heteroatoms. The fourth-order valence-corrected chi connectivity index (χ4v) is 2.89. The smallest absolute Gasteiger partial charge is 0.0540 e. The van der Waals surface area contributed by atoms with Crippen molar-refractivity contribution in [2.45, 2.75) is 24.0 Å². The average Bonchev–Trinajstić information content (AvgIpc) is 2.48. The third-order valence-corrected chi connectivity index (χ3v) is 4.18. The summed E-state index contributed by atoms with van der Waals surface area (Å²) in [6, 6.07) is 16.6. The van der Waals surface area contributed by atoms with Gasteiger partial charge in [0, 0.05) is 22.6 Å². The van der Waals surface area contributed by atoms with Crippen LogP contribution in [0, 0.1) is 18.8 Å². The van der Waals surface area contributed by atoms with E-state index in [-0.39, 0.29) is 6.61 Å². The standard InChI is InChI=1S/C18H18OS/c1-15-8-2-5-12-18(15)20-14-17-11-4-3-9-16(17)10-6-7-13-19/h2-5,8-9,11-12,19H,7,13-14H2,1H3. The predicted octanol–water partition coefficient (Wildman–Crippen LogP) is 4.02. The Balaban J connectivity index is 2.10. The molecule has 2 aromatic rings. The van der Waals surface area contributed by atoms with Gasteiger partial charge in [0.2, 0.25) is 0 Å². The molecule has 1 N–H and O–H groups in total. The SMILES string of the molecule is Cc1ccccc1SCc1ccccc1C#CCCO. The van der Waals surface area contributed by atoms with Gasteiger partial charge in [-0.15, -0.1) is 11.8 Å². The number of aliphatic hydroxyl groups excluding tert-OH is 1. The van der Waals surface area contributed by atoms with Crippen LogP contribution in [0.2, 0.25) is 0 Å². The largest absolute Gasteiger partial charge is 0.395 e. The number of thioether (sulfide) groups is 1. The Morgan fingerprint density at radius 2 is 1.80 bits per heavy atom. The number of aliphatic hydroxyl groups is 1. The lowest BCUT2D eigenvalue weighted by Crippen LogP contribution is -1.88. The van der Waals surface area contributed by atoms with Crippen molar-refractivity contribution in [1.82, 2.24) is 0 Å². The zero-order valence-corrected chi connectivity index (χ0v) is 12.4. The number of hydrogen-bond acceptors (Lipinski definition) is 2. The van der Waals surface area contributed by atoms with E-state index < -0.39 is 0 Å². The first-order chi connectivity index (χ1) is 9.81. The molecule has 2 aromatic carbocycles. The van der Waals surface area contributed by atoms with Gasteiger partial charge < -0.3 is 5.11 Å². The van der Waals surface area contributed by atoms with E-state index in [1.807, 2.05) is 30.0 Å². The van der Waals surface area contributed by atoms with E-state index in [9.17, 15) is 0 Å². The molecule has 0 saturated carbocycles. The van der Waals surface area contributed by atoms with Gasteiger partial charge in [0.05, 0.1) is 6.61 Å². The minimum Gasteiger partial charge on any atom is -0.395 e. The molecule has 0 aromatic heterocycles. The van der Waals surface area contributed by atoms with Crippen molar-refractivity contribution in [3.8, 4) is 11.8 Å². The highest BCUT2D eigenvalue weighted by atomic mass is 32.2. The van der Waals surface area contributed by atoms with Gasteiger partial charge in [-0.25, -0.2) is 0 Å². The first-order valence-electron chi connectivity index (χ1n) is 6.67. The first kappa shape index (κ1) is 14.7. The van der Waals surface area contributed by atoms with Crippen LogP contribution in [0.5, 0.6) is 0 Å². The first-order valence-corrected chi connectivity index (χ1v) is 7.66. The number of hydrogen-bond donors (Lipinski definition) is 1. The molecule has 0 saturated heterocycles. The van der Waals surface area contributed by atoms with Crippen LogP contribution in [0.4, 0.5) is 0 Å². The third kappa shape index (κ3) is 4.16. The van der Waals surface area contributed by atoms with E-state index in [1.54, 1.807) is 0 Å². The lowest BCUT2D eigenvalue weighted by atomic mass is 10.1. The van der Waals surface area contributed by atoms with Crippen molar-refractivity contribution in [2.24, 2.45) is 0 Å². The van der Waals surface area contributed by atoms with Crippen molar-refractivity contribution in [3.63, 3.8) is 0 Å². The predicted molar refractivity (Wildman–Crippen MR) is 85.8 cm³/mol. The molecule has 0 spiro atoms. The third-order valence-electron chi connectivity index (χ3n) is 2.95. The van der Waals surface area contributed by atoms with E-state index >= 15 is 0 Å². The van der Waals surface area contributed by atoms with Crippen LogP contribution in [0.15, 0.2) is 53.4 Å². The number of benzene rings is 2. The van der Waals surface area contributed by atoms with Crippen molar-refractivity contribution in [2.75, 3.05) is 6.61 Å². The van der Waals surface area contributed by atoms with Crippen molar-refractivity contribution >= 4 is 11.8 Å². The van der Waals surface area contributed by atoms with Gasteiger partial charge in [-0.1, -0.05) is 48.2 Å². The summed E-state index contributed by atoms with van der Waals surface area (Å²) in [7, 11) is 0. The molecule has 0 unspecified atom stereocenters. The second-order valence-electron chi connectivity index (χ2n) is 4.49. The molecule has 1 nitrogen and oxygen atoms in total. The van der Waals surface area contributed by atoms with Crippen LogP contribution in [-0.2, 0) is 5.75 Å². The molecule has 0 aliphatic heterocycles. The lowest BCUT2D eigenvalue weighted by Gasteiger charge is -2.07. The summed E-state index contributed by atoms with van der Waals surface area (Å²) in [6.45, 7) is 2.25. The molecule has 0 fully saturated rings. The number of rotatable bonds is 4. The summed E-state index contributed by atoms with van der Waals surface area (Å²) in [4.78, 5) is 1.31. The van der Waals surface area contributed by atoms with E-state index in [4.69, 9.17) is 5.11 Å². The van der Waals surface area contributed by atoms with E-state index in [1.165, 1.54) is 16.0 Å². The van der Waals surface area contributed by atoms with Gasteiger partial charge in [-0.2, -0.15) is 0 Å². The molecule has 0 bridgehead atoms. The van der Waals surface area contributed by atoms with Crippen LogP contribution < -0.4 is 0 Å². The quantitative estimate of drug-likeness (QED) is 0.675. The summed E-state index contributed by atoms with van der Waals surface area (Å²) in [6.07, 6.45) is 0.527. The Hall–Kier alpha value is -1.69. The molecule has 20 heavy (non-hydrogen) atoms. The van der Waals surface area contributed by atoms with Crippen LogP contribution in [0.1, 0.15) is 23.1 Å². The topological polar surface area (TPSA) is 20.2 Å². The molecular formula is C18H18OS. The fourth-order valence-electron chi connectivity index (χ4n) is 1.86. The molecule has 0 aliphatic rings. The molecule has 0 atom stereocenters. The minimum atomic E-state index is 0.118. The summed E-state index contributed by atoms with van der Waals surface area (Å²) >= 11 is 1.84. The zero-order chi connectivity index (χ0) is 14.2. The molecule has 0 radical (unpaired) electrons. The van der Waals surface area contributed by atoms with E-state index in [0.29, 0.717) is 6.42 Å². The van der Waals surface area contributed by atoms with E-state index in [0.717, 1.165) is 11.3 Å². The van der Waals surface area contributed by atoms with Crippen molar-refractivity contribution < 1.29 is 5.11 Å². The molecule has 0 aliphatic carbocycles. The number of aryl methyl sites for hydroxylation is 1. The molecule has 0 amide bonds. The van der Waals surface area contributed by atoms with Crippen LogP contribution in [0.25, 0.3) is 0 Å². The maximum absolute atomic E-state index is 8.79. The molecular weight excluding hydrogens is 264 g/mol. The van der Waals surface area contributed by atoms with Crippen LogP contribution in [-0.4, -0.2) is 11.7 Å². The highest BCUT2D eigenvalue weighted by Gasteiger charge is 2.02. The lowest BCUT2D eigenvalue weighted by molar-refractivity contribution is 0.305. The van der Waals surface area contributed by atoms with Crippen molar-refractivity contribution in [1.29, 1.82) is 0 Å². The van der Waals surface area contributed by atoms with Crippen molar-refractivity contribution in [3.05, 3.63) is 65.2 Å². The van der Waals surface area contributed by atoms with Gasteiger partial charge in [0.15, 0.2) is 0 Å². The Morgan fingerprint density at radius 1 is 1.05 bits per heavy atom. The Labute approximate surface area is 125 Å². The Kier molecular flexibility index (Phi) is 5.73. The molecule has 2 rings (SSSR count). The Bertz CT molecular complexity index is 623. The summed E-state index contributed by atoms with van der Waals surface area (Å²) in [5.41, 5.74) is 3.61. The fraction of sp³-hybridized carbons (Fsp3) is 0.222.